The van der Waals surface area contributed by atoms with Crippen molar-refractivity contribution in [3.05, 3.63) is 35.3 Å². The van der Waals surface area contributed by atoms with Gasteiger partial charge in [-0.2, -0.15) is 9.78 Å². The lowest BCUT2D eigenvalue weighted by atomic mass is 10.1. The highest BCUT2D eigenvalue weighted by molar-refractivity contribution is 7.12. The molecule has 152 valence electrons. The minimum Gasteiger partial charge on any atom is -0.493 e. The zero-order valence-electron chi connectivity index (χ0n) is 16.8. The molecule has 0 radical (unpaired) electrons. The van der Waals surface area contributed by atoms with E-state index in [1.807, 2.05) is 36.6 Å². The fourth-order valence-corrected chi connectivity index (χ4v) is 4.44. The minimum absolute atomic E-state index is 0.0697. The van der Waals surface area contributed by atoms with Crippen LogP contribution < -0.4 is 14.8 Å². The SMILES string of the molecule is COc1ccc(-c2csc(-n3nc(C)cc3NC(=O)C3CCCC3)n2)cc1OC. The van der Waals surface area contributed by atoms with E-state index >= 15 is 0 Å². The topological polar surface area (TPSA) is 78.3 Å². The van der Waals surface area contributed by atoms with E-state index in [4.69, 9.17) is 14.5 Å². The van der Waals surface area contributed by atoms with Crippen LogP contribution >= 0.6 is 11.3 Å². The Bertz CT molecular complexity index is 1020. The summed E-state index contributed by atoms with van der Waals surface area (Å²) in [6.07, 6.45) is 4.16. The monoisotopic (exact) mass is 412 g/mol. The molecular weight excluding hydrogens is 388 g/mol. The third-order valence-electron chi connectivity index (χ3n) is 5.16. The van der Waals surface area contributed by atoms with Gasteiger partial charge in [0.15, 0.2) is 11.5 Å². The van der Waals surface area contributed by atoms with Gasteiger partial charge in [0.05, 0.1) is 25.6 Å². The van der Waals surface area contributed by atoms with Gasteiger partial charge in [0.2, 0.25) is 11.0 Å². The predicted octanol–water partition coefficient (Wildman–Crippen LogP) is 4.45. The lowest BCUT2D eigenvalue weighted by Crippen LogP contribution is -2.22. The van der Waals surface area contributed by atoms with Crippen LogP contribution in [0.3, 0.4) is 0 Å². The molecule has 1 fully saturated rings. The maximum atomic E-state index is 12.6. The molecule has 29 heavy (non-hydrogen) atoms. The summed E-state index contributed by atoms with van der Waals surface area (Å²) in [5.74, 6) is 2.15. The van der Waals surface area contributed by atoms with E-state index in [1.165, 1.54) is 11.3 Å². The maximum Gasteiger partial charge on any atom is 0.228 e. The Balaban J connectivity index is 1.61. The van der Waals surface area contributed by atoms with Crippen LogP contribution in [0.15, 0.2) is 29.6 Å². The number of benzene rings is 1. The quantitative estimate of drug-likeness (QED) is 0.647. The van der Waals surface area contributed by atoms with Gasteiger partial charge >= 0.3 is 0 Å². The van der Waals surface area contributed by atoms with Gasteiger partial charge in [0, 0.05) is 22.9 Å². The van der Waals surface area contributed by atoms with Gasteiger partial charge in [-0.3, -0.25) is 4.79 Å². The van der Waals surface area contributed by atoms with Crippen LogP contribution in [0.1, 0.15) is 31.4 Å². The Labute approximate surface area is 173 Å². The number of ether oxygens (including phenoxy) is 2. The molecule has 1 amide bonds. The van der Waals surface area contributed by atoms with E-state index in [0.717, 1.165) is 42.6 Å². The van der Waals surface area contributed by atoms with Gasteiger partial charge in [-0.25, -0.2) is 4.98 Å². The van der Waals surface area contributed by atoms with Crippen LogP contribution in [0.4, 0.5) is 5.82 Å². The van der Waals surface area contributed by atoms with Crippen molar-refractivity contribution >= 4 is 23.1 Å². The molecule has 7 nitrogen and oxygen atoms in total. The second kappa shape index (κ2) is 8.24. The summed E-state index contributed by atoms with van der Waals surface area (Å²) in [6, 6.07) is 7.58. The van der Waals surface area contributed by atoms with Crippen LogP contribution in [0.5, 0.6) is 11.5 Å². The Morgan fingerprint density at radius 2 is 1.93 bits per heavy atom. The molecule has 1 aliphatic rings. The fourth-order valence-electron chi connectivity index (χ4n) is 3.64. The van der Waals surface area contributed by atoms with E-state index in [9.17, 15) is 4.79 Å². The van der Waals surface area contributed by atoms with Crippen molar-refractivity contribution in [2.45, 2.75) is 32.6 Å². The smallest absolute Gasteiger partial charge is 0.228 e. The van der Waals surface area contributed by atoms with Crippen molar-refractivity contribution in [2.24, 2.45) is 5.92 Å². The predicted molar refractivity (Wildman–Crippen MR) is 113 cm³/mol. The van der Waals surface area contributed by atoms with E-state index in [1.54, 1.807) is 18.9 Å². The summed E-state index contributed by atoms with van der Waals surface area (Å²) in [5, 5.41) is 10.2. The van der Waals surface area contributed by atoms with Crippen LogP contribution in [-0.2, 0) is 4.79 Å². The van der Waals surface area contributed by atoms with Crippen molar-refractivity contribution in [3.8, 4) is 27.9 Å². The second-order valence-electron chi connectivity index (χ2n) is 7.14. The number of nitrogens with one attached hydrogen (secondary N) is 1. The molecule has 0 spiro atoms. The first-order valence-corrected chi connectivity index (χ1v) is 10.5. The van der Waals surface area contributed by atoms with Crippen molar-refractivity contribution < 1.29 is 14.3 Å². The molecule has 0 saturated heterocycles. The lowest BCUT2D eigenvalue weighted by Gasteiger charge is -2.10. The Morgan fingerprint density at radius 1 is 1.17 bits per heavy atom. The third-order valence-corrected chi connectivity index (χ3v) is 5.98. The Morgan fingerprint density at radius 3 is 2.66 bits per heavy atom. The number of carbonyl (C=O) groups is 1. The summed E-state index contributed by atoms with van der Waals surface area (Å²) in [4.78, 5) is 17.3. The summed E-state index contributed by atoms with van der Waals surface area (Å²) < 4.78 is 12.4. The van der Waals surface area contributed by atoms with Gasteiger partial charge in [-0.05, 0) is 38.0 Å². The molecule has 0 unspecified atom stereocenters. The normalized spacial score (nSPS) is 14.2. The zero-order chi connectivity index (χ0) is 20.4. The highest BCUT2D eigenvalue weighted by atomic mass is 32.1. The number of methoxy groups -OCH3 is 2. The molecule has 8 heteroatoms. The third kappa shape index (κ3) is 3.98. The van der Waals surface area contributed by atoms with Crippen molar-refractivity contribution in [1.82, 2.24) is 14.8 Å². The molecule has 1 N–H and O–H groups in total. The van der Waals surface area contributed by atoms with Crippen LogP contribution in [-0.4, -0.2) is 34.9 Å². The molecule has 1 aliphatic carbocycles. The molecular formula is C21H24N4O3S. The molecule has 0 atom stereocenters. The molecule has 1 aromatic carbocycles. The van der Waals surface area contributed by atoms with Crippen LogP contribution in [0.2, 0.25) is 0 Å². The number of amides is 1. The lowest BCUT2D eigenvalue weighted by molar-refractivity contribution is -0.119. The molecule has 3 aromatic rings. The molecule has 1 saturated carbocycles. The fraction of sp³-hybridized carbons (Fsp3) is 0.381. The van der Waals surface area contributed by atoms with Crippen LogP contribution in [0, 0.1) is 12.8 Å². The van der Waals surface area contributed by atoms with Crippen molar-refractivity contribution in [2.75, 3.05) is 19.5 Å². The van der Waals surface area contributed by atoms with Gasteiger partial charge in [-0.15, -0.1) is 11.3 Å². The van der Waals surface area contributed by atoms with E-state index in [2.05, 4.69) is 10.4 Å². The number of hydrogen-bond acceptors (Lipinski definition) is 6. The Hall–Kier alpha value is -2.87. The molecule has 0 aliphatic heterocycles. The first-order chi connectivity index (χ1) is 14.1. The first kappa shape index (κ1) is 19.4. The zero-order valence-corrected chi connectivity index (χ0v) is 17.6. The van der Waals surface area contributed by atoms with E-state index in [-0.39, 0.29) is 11.8 Å². The van der Waals surface area contributed by atoms with Crippen molar-refractivity contribution in [1.29, 1.82) is 0 Å². The van der Waals surface area contributed by atoms with E-state index in [0.29, 0.717) is 22.4 Å². The minimum atomic E-state index is 0.0697. The average molecular weight is 413 g/mol. The number of nitrogens with zero attached hydrogens (tertiary/aromatic N) is 3. The summed E-state index contributed by atoms with van der Waals surface area (Å²) >= 11 is 1.47. The number of hydrogen-bond donors (Lipinski definition) is 1. The van der Waals surface area contributed by atoms with Crippen LogP contribution in [0.25, 0.3) is 16.4 Å². The maximum absolute atomic E-state index is 12.6. The van der Waals surface area contributed by atoms with Gasteiger partial charge < -0.3 is 14.8 Å². The van der Waals surface area contributed by atoms with E-state index < -0.39 is 0 Å². The van der Waals surface area contributed by atoms with Gasteiger partial charge in [0.25, 0.3) is 0 Å². The number of rotatable bonds is 6. The molecule has 0 bridgehead atoms. The standard InChI is InChI=1S/C21H24N4O3S/c1-13-10-19(23-20(26)14-6-4-5-7-14)25(24-13)21-22-16(12-29-21)15-8-9-17(27-2)18(11-15)28-3/h8-12,14H,4-7H2,1-3H3,(H,23,26). The number of carbonyl (C=O) groups excluding carboxylic acids is 1. The first-order valence-electron chi connectivity index (χ1n) is 9.65. The highest BCUT2D eigenvalue weighted by Gasteiger charge is 2.24. The molecule has 4 rings (SSSR count). The second-order valence-corrected chi connectivity index (χ2v) is 7.98. The number of anilines is 1. The summed E-state index contributed by atoms with van der Waals surface area (Å²) in [6.45, 7) is 1.91. The number of thiazole rings is 1. The van der Waals surface area contributed by atoms with Gasteiger partial charge in [-0.1, -0.05) is 12.8 Å². The number of aryl methyl sites for hydroxylation is 1. The Kier molecular flexibility index (Phi) is 5.53. The van der Waals surface area contributed by atoms with Gasteiger partial charge in [0.1, 0.15) is 5.82 Å². The highest BCUT2D eigenvalue weighted by Crippen LogP contribution is 2.34. The van der Waals surface area contributed by atoms with Crippen molar-refractivity contribution in [3.63, 3.8) is 0 Å². The largest absolute Gasteiger partial charge is 0.493 e. The average Bonchev–Trinajstić information content (AvgIpc) is 3.48. The number of aromatic nitrogens is 3. The summed E-state index contributed by atoms with van der Waals surface area (Å²) in [5.41, 5.74) is 2.56. The molecule has 2 aromatic heterocycles. The summed E-state index contributed by atoms with van der Waals surface area (Å²) in [7, 11) is 3.22. The molecule has 2 heterocycles.